The lowest BCUT2D eigenvalue weighted by Gasteiger charge is -2.31. The first kappa shape index (κ1) is 14.3. The highest BCUT2D eigenvalue weighted by atomic mass is 32.2. The summed E-state index contributed by atoms with van der Waals surface area (Å²) in [6, 6.07) is 0.260. The Labute approximate surface area is 106 Å². The third kappa shape index (κ3) is 5.93. The van der Waals surface area contributed by atoms with Gasteiger partial charge in [0.25, 0.3) is 0 Å². The second kappa shape index (κ2) is 7.55. The van der Waals surface area contributed by atoms with Crippen molar-refractivity contribution in [3.05, 3.63) is 0 Å². The summed E-state index contributed by atoms with van der Waals surface area (Å²) in [5, 5.41) is 11.4. The van der Waals surface area contributed by atoms with Crippen molar-refractivity contribution >= 4 is 23.6 Å². The van der Waals surface area contributed by atoms with Crippen LogP contribution in [0.4, 0.5) is 0 Å². The van der Waals surface area contributed by atoms with E-state index in [0.29, 0.717) is 0 Å². The van der Waals surface area contributed by atoms with E-state index in [2.05, 4.69) is 17.1 Å². The molecule has 1 aliphatic rings. The van der Waals surface area contributed by atoms with Gasteiger partial charge >= 0.3 is 5.97 Å². The number of carboxylic acids is 1. The van der Waals surface area contributed by atoms with Crippen LogP contribution in [0.15, 0.2) is 0 Å². The van der Waals surface area contributed by atoms with E-state index < -0.39 is 5.97 Å². The zero-order valence-corrected chi connectivity index (χ0v) is 11.0. The Morgan fingerprint density at radius 1 is 1.35 bits per heavy atom. The number of carbonyl (C=O) groups is 2. The van der Waals surface area contributed by atoms with E-state index in [-0.39, 0.29) is 23.5 Å². The molecule has 1 aliphatic heterocycles. The molecule has 0 aromatic carbocycles. The third-order valence-electron chi connectivity index (χ3n) is 2.86. The summed E-state index contributed by atoms with van der Waals surface area (Å²) in [6.07, 6.45) is 1.98. The maximum atomic E-state index is 11.5. The zero-order chi connectivity index (χ0) is 12.7. The van der Waals surface area contributed by atoms with Crippen LogP contribution in [0.5, 0.6) is 0 Å². The second-order valence-electron chi connectivity index (χ2n) is 4.16. The summed E-state index contributed by atoms with van der Waals surface area (Å²) in [5.74, 6) is -0.701. The molecule has 1 heterocycles. The van der Waals surface area contributed by atoms with Crippen LogP contribution in [-0.2, 0) is 9.59 Å². The van der Waals surface area contributed by atoms with Gasteiger partial charge in [-0.1, -0.05) is 6.92 Å². The first-order valence-corrected chi connectivity index (χ1v) is 7.08. The molecule has 98 valence electrons. The summed E-state index contributed by atoms with van der Waals surface area (Å²) >= 11 is 1.14. The average molecular weight is 260 g/mol. The van der Waals surface area contributed by atoms with Gasteiger partial charge in [-0.15, -0.1) is 11.8 Å². The summed E-state index contributed by atoms with van der Waals surface area (Å²) in [6.45, 7) is 5.27. The Morgan fingerprint density at radius 2 is 2.00 bits per heavy atom. The molecule has 0 unspecified atom stereocenters. The molecule has 0 aliphatic carbocycles. The smallest absolute Gasteiger partial charge is 0.313 e. The quantitative estimate of drug-likeness (QED) is 0.723. The molecule has 0 atom stereocenters. The van der Waals surface area contributed by atoms with E-state index in [1.807, 2.05) is 0 Å². The van der Waals surface area contributed by atoms with Crippen LogP contribution in [0.25, 0.3) is 0 Å². The van der Waals surface area contributed by atoms with Crippen LogP contribution in [0.1, 0.15) is 19.8 Å². The number of rotatable bonds is 6. The largest absolute Gasteiger partial charge is 0.481 e. The minimum absolute atomic E-state index is 0.0122. The van der Waals surface area contributed by atoms with Gasteiger partial charge in [-0.2, -0.15) is 0 Å². The van der Waals surface area contributed by atoms with Crippen molar-refractivity contribution in [1.29, 1.82) is 0 Å². The number of carboxylic acid groups (broad SMARTS) is 1. The highest BCUT2D eigenvalue weighted by Crippen LogP contribution is 2.10. The van der Waals surface area contributed by atoms with Gasteiger partial charge < -0.3 is 15.3 Å². The zero-order valence-electron chi connectivity index (χ0n) is 10.1. The molecule has 0 aromatic heterocycles. The number of aliphatic carboxylic acids is 1. The number of amides is 1. The lowest BCUT2D eigenvalue weighted by Crippen LogP contribution is -2.45. The Balaban J connectivity index is 2.12. The van der Waals surface area contributed by atoms with Crippen molar-refractivity contribution in [2.24, 2.45) is 0 Å². The summed E-state index contributed by atoms with van der Waals surface area (Å²) in [5.41, 5.74) is 0. The molecule has 2 N–H and O–H groups in total. The van der Waals surface area contributed by atoms with Crippen LogP contribution >= 0.6 is 11.8 Å². The normalized spacial score (nSPS) is 17.9. The fraction of sp³-hybridized carbons (Fsp3) is 0.818. The highest BCUT2D eigenvalue weighted by molar-refractivity contribution is 8.00. The molecule has 17 heavy (non-hydrogen) atoms. The fourth-order valence-electron chi connectivity index (χ4n) is 1.89. The van der Waals surface area contributed by atoms with Crippen LogP contribution < -0.4 is 5.32 Å². The summed E-state index contributed by atoms with van der Waals surface area (Å²) < 4.78 is 0. The molecule has 6 heteroatoms. The monoisotopic (exact) mass is 260 g/mol. The van der Waals surface area contributed by atoms with E-state index in [0.717, 1.165) is 44.2 Å². The van der Waals surface area contributed by atoms with E-state index in [1.54, 1.807) is 0 Å². The van der Waals surface area contributed by atoms with Gasteiger partial charge in [0.2, 0.25) is 5.91 Å². The van der Waals surface area contributed by atoms with Gasteiger partial charge in [-0.05, 0) is 19.4 Å². The maximum Gasteiger partial charge on any atom is 0.313 e. The molecular weight excluding hydrogens is 240 g/mol. The number of hydrogen-bond acceptors (Lipinski definition) is 4. The lowest BCUT2D eigenvalue weighted by atomic mass is 10.1. The summed E-state index contributed by atoms with van der Waals surface area (Å²) in [4.78, 5) is 24.2. The van der Waals surface area contributed by atoms with E-state index in [9.17, 15) is 9.59 Å². The van der Waals surface area contributed by atoms with Crippen molar-refractivity contribution in [2.75, 3.05) is 31.1 Å². The van der Waals surface area contributed by atoms with Crippen LogP contribution in [0, 0.1) is 0 Å². The third-order valence-corrected chi connectivity index (χ3v) is 3.78. The van der Waals surface area contributed by atoms with Crippen LogP contribution in [0.3, 0.4) is 0 Å². The molecule has 0 aromatic rings. The number of likely N-dealkylation sites (tertiary alicyclic amines) is 1. The molecule has 0 radical (unpaired) electrons. The van der Waals surface area contributed by atoms with Crippen molar-refractivity contribution in [3.8, 4) is 0 Å². The number of piperidine rings is 1. The predicted octanol–water partition coefficient (Wildman–Crippen LogP) is 0.405. The van der Waals surface area contributed by atoms with Crippen LogP contribution in [0.2, 0.25) is 0 Å². The number of carbonyl (C=O) groups excluding carboxylic acids is 1. The van der Waals surface area contributed by atoms with Gasteiger partial charge in [-0.25, -0.2) is 0 Å². The van der Waals surface area contributed by atoms with Gasteiger partial charge in [0, 0.05) is 19.1 Å². The van der Waals surface area contributed by atoms with Crippen molar-refractivity contribution in [2.45, 2.75) is 25.8 Å². The SMILES string of the molecule is CCN1CCC(NC(=O)CSCC(=O)O)CC1. The summed E-state index contributed by atoms with van der Waals surface area (Å²) in [7, 11) is 0. The van der Waals surface area contributed by atoms with Gasteiger partial charge in [-0.3, -0.25) is 9.59 Å². The van der Waals surface area contributed by atoms with Crippen molar-refractivity contribution in [1.82, 2.24) is 10.2 Å². The number of thioether (sulfide) groups is 1. The highest BCUT2D eigenvalue weighted by Gasteiger charge is 2.19. The van der Waals surface area contributed by atoms with Gasteiger partial charge in [0.15, 0.2) is 0 Å². The standard InChI is InChI=1S/C11H20N2O3S/c1-2-13-5-3-9(4-6-13)12-10(14)7-17-8-11(15)16/h9H,2-8H2,1H3,(H,12,14)(H,15,16). The molecule has 1 fully saturated rings. The molecule has 0 bridgehead atoms. The van der Waals surface area contributed by atoms with Crippen molar-refractivity contribution < 1.29 is 14.7 Å². The Bertz CT molecular complexity index is 265. The van der Waals surface area contributed by atoms with E-state index in [1.165, 1.54) is 0 Å². The number of nitrogens with one attached hydrogen (secondary N) is 1. The van der Waals surface area contributed by atoms with E-state index in [4.69, 9.17) is 5.11 Å². The number of nitrogens with zero attached hydrogens (tertiary/aromatic N) is 1. The lowest BCUT2D eigenvalue weighted by molar-refractivity contribution is -0.133. The Kier molecular flexibility index (Phi) is 6.36. The molecule has 5 nitrogen and oxygen atoms in total. The molecule has 0 spiro atoms. The Morgan fingerprint density at radius 3 is 2.53 bits per heavy atom. The molecule has 1 rings (SSSR count). The predicted molar refractivity (Wildman–Crippen MR) is 68.2 cm³/mol. The molecule has 1 amide bonds. The average Bonchev–Trinajstić information content (AvgIpc) is 2.29. The minimum atomic E-state index is -0.876. The first-order chi connectivity index (χ1) is 8.11. The molecular formula is C11H20N2O3S. The topological polar surface area (TPSA) is 69.6 Å². The van der Waals surface area contributed by atoms with Crippen molar-refractivity contribution in [3.63, 3.8) is 0 Å². The van der Waals surface area contributed by atoms with Crippen LogP contribution in [-0.4, -0.2) is 59.1 Å². The van der Waals surface area contributed by atoms with Gasteiger partial charge in [0.05, 0.1) is 11.5 Å². The number of hydrogen-bond donors (Lipinski definition) is 2. The first-order valence-electron chi connectivity index (χ1n) is 5.93. The maximum absolute atomic E-state index is 11.5. The second-order valence-corrected chi connectivity index (χ2v) is 5.15. The molecule has 0 saturated carbocycles. The minimum Gasteiger partial charge on any atom is -0.481 e. The Hall–Kier alpha value is -0.750. The molecule has 1 saturated heterocycles. The fourth-order valence-corrected chi connectivity index (χ4v) is 2.44. The van der Waals surface area contributed by atoms with Gasteiger partial charge in [0.1, 0.15) is 0 Å². The van der Waals surface area contributed by atoms with E-state index >= 15 is 0 Å².